The number of carbonyl (C=O) groups is 2. The van der Waals surface area contributed by atoms with Crippen LogP contribution in [0.2, 0.25) is 0 Å². The molecule has 0 fully saturated rings. The number of aliphatic carboxylic acids is 1. The first-order valence-corrected chi connectivity index (χ1v) is 9.39. The van der Waals surface area contributed by atoms with Gasteiger partial charge in [-0.15, -0.1) is 0 Å². The molecule has 0 aliphatic heterocycles. The van der Waals surface area contributed by atoms with Crippen LogP contribution in [0.15, 0.2) is 54.6 Å². The third-order valence-corrected chi connectivity index (χ3v) is 5.10. The topological polar surface area (TPSA) is 94.5 Å². The average Bonchev–Trinajstić information content (AvgIpc) is 3.17. The number of carboxylic acid groups (broad SMARTS) is 1. The summed E-state index contributed by atoms with van der Waals surface area (Å²) in [6, 6.07) is 16.6. The van der Waals surface area contributed by atoms with Crippen molar-refractivity contribution in [1.29, 1.82) is 0 Å². The zero-order valence-electron chi connectivity index (χ0n) is 16.7. The van der Waals surface area contributed by atoms with Gasteiger partial charge in [-0.2, -0.15) is 0 Å². The van der Waals surface area contributed by atoms with Gasteiger partial charge in [0.2, 0.25) is 5.91 Å². The second-order valence-corrected chi connectivity index (χ2v) is 6.83. The van der Waals surface area contributed by atoms with E-state index in [9.17, 15) is 14.7 Å². The van der Waals surface area contributed by atoms with Crippen molar-refractivity contribution < 1.29 is 19.4 Å². The minimum Gasteiger partial charge on any atom is -0.497 e. The molecule has 1 atom stereocenters. The molecule has 0 bridgehead atoms. The number of primary amides is 1. The van der Waals surface area contributed by atoms with Crippen molar-refractivity contribution in [3.8, 4) is 22.7 Å². The first-order chi connectivity index (χ1) is 13.9. The highest BCUT2D eigenvalue weighted by Crippen LogP contribution is 2.33. The molecular formula is C23H24N2O4. The number of hydrogen-bond acceptors (Lipinski definition) is 3. The van der Waals surface area contributed by atoms with Crippen molar-refractivity contribution in [2.75, 3.05) is 7.11 Å². The second kappa shape index (κ2) is 8.22. The van der Waals surface area contributed by atoms with Crippen LogP contribution in [-0.4, -0.2) is 28.7 Å². The molecule has 1 aromatic heterocycles. The molecule has 29 heavy (non-hydrogen) atoms. The number of nitrogens with zero attached hydrogens (tertiary/aromatic N) is 1. The quantitative estimate of drug-likeness (QED) is 0.635. The number of nitrogens with two attached hydrogens (primary N) is 1. The fourth-order valence-corrected chi connectivity index (χ4v) is 3.41. The predicted molar refractivity (Wildman–Crippen MR) is 112 cm³/mol. The van der Waals surface area contributed by atoms with Crippen LogP contribution in [-0.2, 0) is 11.2 Å². The van der Waals surface area contributed by atoms with Gasteiger partial charge in [0.15, 0.2) is 0 Å². The van der Waals surface area contributed by atoms with E-state index >= 15 is 0 Å². The van der Waals surface area contributed by atoms with Crippen molar-refractivity contribution in [2.24, 2.45) is 5.73 Å². The number of amides is 1. The van der Waals surface area contributed by atoms with E-state index in [1.54, 1.807) is 26.2 Å². The van der Waals surface area contributed by atoms with Gasteiger partial charge in [-0.25, -0.2) is 0 Å². The number of ether oxygens (including phenoxy) is 1. The molecule has 3 rings (SSSR count). The number of rotatable bonds is 7. The first-order valence-electron chi connectivity index (χ1n) is 9.39. The molecule has 3 N–H and O–H groups in total. The Bertz CT molecular complexity index is 1050. The highest BCUT2D eigenvalue weighted by Gasteiger charge is 2.23. The standard InChI is InChI=1S/C23H24N2O4/c1-4-15-13-17(22(24)26)7-10-20(15)25-19(14(2)23(27)28)11-12-21(25)16-5-8-18(29-3)9-6-16/h5-14H,4H2,1-3H3,(H2,24,26)(H,27,28). The Hall–Kier alpha value is -3.54. The normalized spacial score (nSPS) is 11.8. The molecule has 6 nitrogen and oxygen atoms in total. The summed E-state index contributed by atoms with van der Waals surface area (Å²) < 4.78 is 7.19. The average molecular weight is 392 g/mol. The highest BCUT2D eigenvalue weighted by atomic mass is 16.5. The molecule has 0 saturated carbocycles. The maximum atomic E-state index is 11.7. The van der Waals surface area contributed by atoms with Crippen molar-refractivity contribution in [2.45, 2.75) is 26.2 Å². The van der Waals surface area contributed by atoms with Crippen LogP contribution in [0.1, 0.15) is 41.4 Å². The smallest absolute Gasteiger partial charge is 0.312 e. The fourth-order valence-electron chi connectivity index (χ4n) is 3.41. The number of aryl methyl sites for hydroxylation is 1. The lowest BCUT2D eigenvalue weighted by Gasteiger charge is -2.19. The molecule has 0 aliphatic carbocycles. The molecule has 0 spiro atoms. The van der Waals surface area contributed by atoms with Crippen molar-refractivity contribution in [3.63, 3.8) is 0 Å². The number of hydrogen-bond donors (Lipinski definition) is 2. The summed E-state index contributed by atoms with van der Waals surface area (Å²) >= 11 is 0. The van der Waals surface area contributed by atoms with Crippen LogP contribution in [0.5, 0.6) is 5.75 Å². The zero-order valence-corrected chi connectivity index (χ0v) is 16.7. The summed E-state index contributed by atoms with van der Waals surface area (Å²) in [5, 5.41) is 9.61. The third kappa shape index (κ3) is 3.87. The summed E-state index contributed by atoms with van der Waals surface area (Å²) in [6.07, 6.45) is 0.664. The van der Waals surface area contributed by atoms with Crippen LogP contribution in [0.4, 0.5) is 0 Å². The summed E-state index contributed by atoms with van der Waals surface area (Å²) in [5.74, 6) is -1.36. The molecule has 150 valence electrons. The zero-order chi connectivity index (χ0) is 21.1. The Morgan fingerprint density at radius 2 is 1.79 bits per heavy atom. The lowest BCUT2D eigenvalue weighted by molar-refractivity contribution is -0.138. The Morgan fingerprint density at radius 3 is 2.34 bits per heavy atom. The van der Waals surface area contributed by atoms with Gasteiger partial charge >= 0.3 is 5.97 Å². The van der Waals surface area contributed by atoms with Crippen LogP contribution < -0.4 is 10.5 Å². The molecule has 0 saturated heterocycles. The van der Waals surface area contributed by atoms with Crippen molar-refractivity contribution in [1.82, 2.24) is 4.57 Å². The Balaban J connectivity index is 2.26. The van der Waals surface area contributed by atoms with E-state index < -0.39 is 17.8 Å². The molecule has 3 aromatic rings. The van der Waals surface area contributed by atoms with Crippen molar-refractivity contribution >= 4 is 11.9 Å². The molecule has 0 radical (unpaired) electrons. The van der Waals surface area contributed by atoms with E-state index in [1.807, 2.05) is 54.0 Å². The van der Waals surface area contributed by atoms with Crippen LogP contribution in [0.25, 0.3) is 16.9 Å². The Kier molecular flexibility index (Phi) is 5.73. The lowest BCUT2D eigenvalue weighted by Crippen LogP contribution is -2.15. The predicted octanol–water partition coefficient (Wildman–Crippen LogP) is 4.00. The minimum absolute atomic E-state index is 0.427. The van der Waals surface area contributed by atoms with Crippen molar-refractivity contribution in [3.05, 3.63) is 71.4 Å². The molecule has 1 heterocycles. The summed E-state index contributed by atoms with van der Waals surface area (Å²) in [5.41, 5.74) is 10.0. The monoisotopic (exact) mass is 392 g/mol. The minimum atomic E-state index is -0.905. The SMILES string of the molecule is CCc1cc(C(N)=O)ccc1-n1c(-c2ccc(OC)cc2)ccc1C(C)C(=O)O. The number of carbonyl (C=O) groups excluding carboxylic acids is 1. The van der Waals surface area contributed by atoms with E-state index in [0.29, 0.717) is 17.7 Å². The Morgan fingerprint density at radius 1 is 1.10 bits per heavy atom. The van der Waals surface area contributed by atoms with Gasteiger partial charge < -0.3 is 20.1 Å². The second-order valence-electron chi connectivity index (χ2n) is 6.83. The van der Waals surface area contributed by atoms with E-state index in [-0.39, 0.29) is 0 Å². The van der Waals surface area contributed by atoms with Gasteiger partial charge in [-0.1, -0.05) is 6.92 Å². The van der Waals surface area contributed by atoms with E-state index in [4.69, 9.17) is 10.5 Å². The van der Waals surface area contributed by atoms with Gasteiger partial charge in [-0.3, -0.25) is 9.59 Å². The van der Waals surface area contributed by atoms with Gasteiger partial charge in [0.1, 0.15) is 5.75 Å². The van der Waals surface area contributed by atoms with Crippen LogP contribution in [0.3, 0.4) is 0 Å². The molecular weight excluding hydrogens is 368 g/mol. The van der Waals surface area contributed by atoms with Gasteiger partial charge in [0.25, 0.3) is 0 Å². The lowest BCUT2D eigenvalue weighted by atomic mass is 10.0. The molecule has 1 amide bonds. The fraction of sp³-hybridized carbons (Fsp3) is 0.217. The molecule has 6 heteroatoms. The van der Waals surface area contributed by atoms with Crippen LogP contribution in [0, 0.1) is 0 Å². The maximum Gasteiger partial charge on any atom is 0.312 e. The van der Waals surface area contributed by atoms with E-state index in [1.165, 1.54) is 0 Å². The number of aromatic nitrogens is 1. The number of methoxy groups -OCH3 is 1. The highest BCUT2D eigenvalue weighted by molar-refractivity contribution is 5.93. The summed E-state index contributed by atoms with van der Waals surface area (Å²) in [7, 11) is 1.61. The van der Waals surface area contributed by atoms with Crippen LogP contribution >= 0.6 is 0 Å². The number of carboxylic acids is 1. The van der Waals surface area contributed by atoms with E-state index in [2.05, 4.69) is 0 Å². The summed E-state index contributed by atoms with van der Waals surface area (Å²) in [4.78, 5) is 23.3. The maximum absolute atomic E-state index is 11.7. The van der Waals surface area contributed by atoms with E-state index in [0.717, 1.165) is 28.3 Å². The first kappa shape index (κ1) is 20.2. The molecule has 1 unspecified atom stereocenters. The Labute approximate surface area is 169 Å². The largest absolute Gasteiger partial charge is 0.497 e. The van der Waals surface area contributed by atoms with Gasteiger partial charge in [0, 0.05) is 16.9 Å². The third-order valence-electron chi connectivity index (χ3n) is 5.10. The van der Waals surface area contributed by atoms with Gasteiger partial charge in [0.05, 0.1) is 18.7 Å². The molecule has 2 aromatic carbocycles. The number of benzene rings is 2. The van der Waals surface area contributed by atoms with Gasteiger partial charge in [-0.05, 0) is 79.1 Å². The molecule has 0 aliphatic rings. The summed E-state index contributed by atoms with van der Waals surface area (Å²) in [6.45, 7) is 3.65.